The van der Waals surface area contributed by atoms with Gasteiger partial charge in [-0.15, -0.1) is 0 Å². The van der Waals surface area contributed by atoms with Crippen LogP contribution in [0.4, 0.5) is 5.82 Å². The van der Waals surface area contributed by atoms with E-state index in [1.165, 1.54) is 12.8 Å². The smallest absolute Gasteiger partial charge is 0.399 e. The summed E-state index contributed by atoms with van der Waals surface area (Å²) in [5.41, 5.74) is 0.318. The third-order valence-corrected chi connectivity index (χ3v) is 5.36. The minimum Gasteiger partial charge on any atom is -0.399 e. The largest absolute Gasteiger partial charge is 0.496 e. The minimum absolute atomic E-state index is 0.322. The van der Waals surface area contributed by atoms with Crippen molar-refractivity contribution in [2.45, 2.75) is 51.7 Å². The predicted octanol–water partition coefficient (Wildman–Crippen LogP) is 2.74. The highest BCUT2D eigenvalue weighted by Crippen LogP contribution is 2.37. The second-order valence-corrected chi connectivity index (χ2v) is 7.71. The summed E-state index contributed by atoms with van der Waals surface area (Å²) in [6.07, 6.45) is 4.36. The van der Waals surface area contributed by atoms with Crippen LogP contribution in [-0.4, -0.2) is 36.4 Å². The Morgan fingerprint density at radius 2 is 1.71 bits per heavy atom. The molecule has 2 aliphatic heterocycles. The molecule has 1 aromatic rings. The molecule has 0 atom stereocenters. The van der Waals surface area contributed by atoms with Crippen molar-refractivity contribution in [1.29, 1.82) is 0 Å². The van der Waals surface area contributed by atoms with Gasteiger partial charge in [0.2, 0.25) is 0 Å². The molecular weight excluding hydrogens is 331 g/mol. The fraction of sp³-hybridized carbons (Fsp3) is 0.667. The molecule has 0 aliphatic carbocycles. The molecule has 0 saturated carbocycles. The fourth-order valence-corrected chi connectivity index (χ4v) is 3.33. The molecule has 114 valence electrons. The van der Waals surface area contributed by atoms with Gasteiger partial charge in [-0.2, -0.15) is 0 Å². The molecule has 3 heterocycles. The summed E-state index contributed by atoms with van der Waals surface area (Å²) in [4.78, 5) is 6.94. The number of pyridine rings is 1. The maximum Gasteiger partial charge on any atom is 0.496 e. The van der Waals surface area contributed by atoms with Crippen LogP contribution in [0, 0.1) is 0 Å². The van der Waals surface area contributed by atoms with E-state index >= 15 is 0 Å². The lowest BCUT2D eigenvalue weighted by molar-refractivity contribution is 0.00578. The first-order valence-corrected chi connectivity index (χ1v) is 8.35. The molecule has 0 N–H and O–H groups in total. The van der Waals surface area contributed by atoms with Gasteiger partial charge in [-0.1, -0.05) is 0 Å². The van der Waals surface area contributed by atoms with Gasteiger partial charge in [0.1, 0.15) is 5.82 Å². The molecule has 0 unspecified atom stereocenters. The summed E-state index contributed by atoms with van der Waals surface area (Å²) in [7, 11) is -0.355. The van der Waals surface area contributed by atoms with Gasteiger partial charge in [-0.25, -0.2) is 4.98 Å². The van der Waals surface area contributed by atoms with Crippen LogP contribution >= 0.6 is 15.9 Å². The lowest BCUT2D eigenvalue weighted by Crippen LogP contribution is -2.41. The Kier molecular flexibility index (Phi) is 3.83. The van der Waals surface area contributed by atoms with Gasteiger partial charge in [0.05, 0.1) is 15.7 Å². The fourth-order valence-electron chi connectivity index (χ4n) is 2.72. The van der Waals surface area contributed by atoms with E-state index in [2.05, 4.69) is 59.6 Å². The van der Waals surface area contributed by atoms with Crippen LogP contribution < -0.4 is 10.4 Å². The zero-order valence-electron chi connectivity index (χ0n) is 13.1. The molecule has 4 nitrogen and oxygen atoms in total. The van der Waals surface area contributed by atoms with Crippen molar-refractivity contribution in [2.24, 2.45) is 0 Å². The lowest BCUT2D eigenvalue weighted by Gasteiger charge is -2.32. The highest BCUT2D eigenvalue weighted by atomic mass is 79.9. The van der Waals surface area contributed by atoms with Crippen molar-refractivity contribution in [3.05, 3.63) is 16.7 Å². The van der Waals surface area contributed by atoms with Crippen molar-refractivity contribution in [3.8, 4) is 0 Å². The Bertz CT molecular complexity index is 528. The van der Waals surface area contributed by atoms with Crippen LogP contribution in [0.2, 0.25) is 0 Å². The Hall–Kier alpha value is -0.585. The Labute approximate surface area is 135 Å². The van der Waals surface area contributed by atoms with Gasteiger partial charge in [0.25, 0.3) is 0 Å². The molecule has 0 aromatic carbocycles. The monoisotopic (exact) mass is 352 g/mol. The highest BCUT2D eigenvalue weighted by Gasteiger charge is 2.51. The highest BCUT2D eigenvalue weighted by molar-refractivity contribution is 9.10. The number of aromatic nitrogens is 1. The van der Waals surface area contributed by atoms with E-state index in [1.807, 2.05) is 6.20 Å². The van der Waals surface area contributed by atoms with Gasteiger partial charge < -0.3 is 14.2 Å². The molecule has 21 heavy (non-hydrogen) atoms. The number of hydrogen-bond acceptors (Lipinski definition) is 4. The van der Waals surface area contributed by atoms with Crippen LogP contribution in [-0.2, 0) is 9.31 Å². The first-order chi connectivity index (χ1) is 9.80. The van der Waals surface area contributed by atoms with Crippen molar-refractivity contribution >= 4 is 34.3 Å². The van der Waals surface area contributed by atoms with Gasteiger partial charge in [0, 0.05) is 24.7 Å². The SMILES string of the molecule is CC1(C)OB(c2cnc(N3CCCC3)c(Br)c2)OC1(C)C. The van der Waals surface area contributed by atoms with Crippen LogP contribution in [0.5, 0.6) is 0 Å². The number of anilines is 1. The summed E-state index contributed by atoms with van der Waals surface area (Å²) in [6, 6.07) is 2.07. The maximum atomic E-state index is 6.07. The molecule has 2 aliphatic rings. The van der Waals surface area contributed by atoms with Crippen molar-refractivity contribution in [3.63, 3.8) is 0 Å². The van der Waals surface area contributed by atoms with E-state index in [1.54, 1.807) is 0 Å². The molecule has 6 heteroatoms. The van der Waals surface area contributed by atoms with Crippen molar-refractivity contribution in [1.82, 2.24) is 4.98 Å². The van der Waals surface area contributed by atoms with E-state index < -0.39 is 0 Å². The van der Waals surface area contributed by atoms with Crippen LogP contribution in [0.3, 0.4) is 0 Å². The first kappa shape index (κ1) is 15.3. The number of halogens is 1. The average molecular weight is 353 g/mol. The molecule has 2 fully saturated rings. The van der Waals surface area contributed by atoms with Crippen molar-refractivity contribution in [2.75, 3.05) is 18.0 Å². The van der Waals surface area contributed by atoms with Gasteiger partial charge in [-0.3, -0.25) is 0 Å². The summed E-state index contributed by atoms with van der Waals surface area (Å²) in [5.74, 6) is 1.02. The summed E-state index contributed by atoms with van der Waals surface area (Å²) in [6.45, 7) is 10.4. The molecule has 0 amide bonds. The number of hydrogen-bond donors (Lipinski definition) is 0. The molecule has 3 rings (SSSR count). The predicted molar refractivity (Wildman–Crippen MR) is 89.1 cm³/mol. The Balaban J connectivity index is 1.83. The second kappa shape index (κ2) is 5.25. The summed E-state index contributed by atoms with van der Waals surface area (Å²) >= 11 is 3.65. The van der Waals surface area contributed by atoms with Crippen LogP contribution in [0.25, 0.3) is 0 Å². The first-order valence-electron chi connectivity index (χ1n) is 7.56. The van der Waals surface area contributed by atoms with E-state index in [4.69, 9.17) is 9.31 Å². The Morgan fingerprint density at radius 1 is 1.14 bits per heavy atom. The molecule has 2 saturated heterocycles. The maximum absolute atomic E-state index is 6.07. The quantitative estimate of drug-likeness (QED) is 0.766. The number of nitrogens with zero attached hydrogens (tertiary/aromatic N) is 2. The van der Waals surface area contributed by atoms with E-state index in [0.29, 0.717) is 0 Å². The standard InChI is InChI=1S/C15H22BBrN2O2/c1-14(2)15(3,4)21-16(20-14)11-9-12(17)13(18-10-11)19-7-5-6-8-19/h9-10H,5-8H2,1-4H3. The van der Waals surface area contributed by atoms with Crippen molar-refractivity contribution < 1.29 is 9.31 Å². The molecule has 0 radical (unpaired) electrons. The van der Waals surface area contributed by atoms with Gasteiger partial charge in [0.15, 0.2) is 0 Å². The average Bonchev–Trinajstić information content (AvgIpc) is 2.96. The third kappa shape index (κ3) is 2.73. The van der Waals surface area contributed by atoms with E-state index in [-0.39, 0.29) is 18.3 Å². The van der Waals surface area contributed by atoms with E-state index in [9.17, 15) is 0 Å². The second-order valence-electron chi connectivity index (χ2n) is 6.86. The van der Waals surface area contributed by atoms with Crippen LogP contribution in [0.1, 0.15) is 40.5 Å². The van der Waals surface area contributed by atoms with E-state index in [0.717, 1.165) is 28.8 Å². The zero-order valence-corrected chi connectivity index (χ0v) is 14.7. The molecule has 1 aromatic heterocycles. The van der Waals surface area contributed by atoms with Gasteiger partial charge >= 0.3 is 7.12 Å². The topological polar surface area (TPSA) is 34.6 Å². The summed E-state index contributed by atoms with van der Waals surface area (Å²) < 4.78 is 13.2. The third-order valence-electron chi connectivity index (χ3n) is 4.77. The number of rotatable bonds is 2. The molecule has 0 spiro atoms. The van der Waals surface area contributed by atoms with Crippen LogP contribution in [0.15, 0.2) is 16.7 Å². The molecular formula is C15H22BBrN2O2. The normalized spacial score (nSPS) is 23.9. The lowest BCUT2D eigenvalue weighted by atomic mass is 9.80. The van der Waals surface area contributed by atoms with Gasteiger partial charge in [-0.05, 0) is 62.5 Å². The zero-order chi connectivity index (χ0) is 15.3. The Morgan fingerprint density at radius 3 is 2.24 bits per heavy atom. The molecule has 0 bridgehead atoms. The minimum atomic E-state index is -0.355. The summed E-state index contributed by atoms with van der Waals surface area (Å²) in [5, 5.41) is 0.